The molecule has 0 saturated heterocycles. The van der Waals surface area contributed by atoms with Crippen molar-refractivity contribution in [1.29, 1.82) is 0 Å². The molecule has 26 heavy (non-hydrogen) atoms. The summed E-state index contributed by atoms with van der Waals surface area (Å²) in [6.45, 7) is -2.95. The first-order chi connectivity index (χ1) is 12.4. The van der Waals surface area contributed by atoms with Crippen LogP contribution in [0.3, 0.4) is 0 Å². The molecule has 0 saturated carbocycles. The Kier molecular flexibility index (Phi) is 6.43. The van der Waals surface area contributed by atoms with E-state index >= 15 is 0 Å². The zero-order valence-electron chi connectivity index (χ0n) is 14.3. The number of para-hydroxylation sites is 1. The van der Waals surface area contributed by atoms with Crippen molar-refractivity contribution >= 4 is 23.6 Å². The highest BCUT2D eigenvalue weighted by atomic mass is 19.3. The Balaban J connectivity index is 2.09. The number of halogens is 2. The number of hydrogen-bond donors (Lipinski definition) is 1. The molecule has 0 atom stereocenters. The summed E-state index contributed by atoms with van der Waals surface area (Å²) in [5, 5.41) is 2.62. The third-order valence-corrected chi connectivity index (χ3v) is 3.33. The van der Waals surface area contributed by atoms with Crippen LogP contribution < -0.4 is 10.1 Å². The summed E-state index contributed by atoms with van der Waals surface area (Å²) >= 11 is 0. The highest BCUT2D eigenvalue weighted by Gasteiger charge is 2.10. The molecule has 2 aromatic rings. The first-order valence-electron chi connectivity index (χ1n) is 7.71. The Bertz CT molecular complexity index is 820. The molecule has 136 valence electrons. The average molecular weight is 360 g/mol. The first kappa shape index (κ1) is 19.1. The Morgan fingerprint density at radius 2 is 1.85 bits per heavy atom. The highest BCUT2D eigenvalue weighted by Crippen LogP contribution is 2.21. The van der Waals surface area contributed by atoms with Crippen LogP contribution >= 0.6 is 0 Å². The number of anilines is 1. The number of amides is 2. The maximum absolute atomic E-state index is 12.4. The van der Waals surface area contributed by atoms with Gasteiger partial charge in [0, 0.05) is 37.0 Å². The summed E-state index contributed by atoms with van der Waals surface area (Å²) in [5.41, 5.74) is 1.23. The Morgan fingerprint density at radius 1 is 1.12 bits per heavy atom. The van der Waals surface area contributed by atoms with Crippen molar-refractivity contribution in [3.8, 4) is 5.75 Å². The third kappa shape index (κ3) is 5.41. The smallest absolute Gasteiger partial charge is 0.387 e. The predicted octanol–water partition coefficient (Wildman–Crippen LogP) is 3.64. The van der Waals surface area contributed by atoms with Crippen LogP contribution in [0, 0.1) is 0 Å². The van der Waals surface area contributed by atoms with Crippen LogP contribution in [0.2, 0.25) is 0 Å². The van der Waals surface area contributed by atoms with Crippen molar-refractivity contribution in [1.82, 2.24) is 4.90 Å². The number of alkyl halides is 2. The largest absolute Gasteiger partial charge is 0.434 e. The van der Waals surface area contributed by atoms with E-state index in [-0.39, 0.29) is 11.7 Å². The summed E-state index contributed by atoms with van der Waals surface area (Å²) < 4.78 is 29.2. The molecule has 0 aliphatic carbocycles. The Hall–Kier alpha value is -3.22. The Labute approximate surface area is 149 Å². The van der Waals surface area contributed by atoms with Gasteiger partial charge in [-0.2, -0.15) is 8.78 Å². The SMILES string of the molecule is CN(C)C(=O)c1cccc(NC(=O)/C=C/c2ccccc2OC(F)F)c1. The zero-order chi connectivity index (χ0) is 19.1. The van der Waals surface area contributed by atoms with Gasteiger partial charge in [-0.25, -0.2) is 0 Å². The molecular weight excluding hydrogens is 342 g/mol. The lowest BCUT2D eigenvalue weighted by Crippen LogP contribution is -2.21. The van der Waals surface area contributed by atoms with Gasteiger partial charge in [0.1, 0.15) is 5.75 Å². The van der Waals surface area contributed by atoms with Crippen molar-refractivity contribution < 1.29 is 23.1 Å². The van der Waals surface area contributed by atoms with Gasteiger partial charge < -0.3 is 15.0 Å². The second kappa shape index (κ2) is 8.75. The van der Waals surface area contributed by atoms with Crippen LogP contribution in [0.15, 0.2) is 54.6 Å². The number of nitrogens with zero attached hydrogens (tertiary/aromatic N) is 1. The molecule has 0 aromatic heterocycles. The summed E-state index contributed by atoms with van der Waals surface area (Å²) in [6.07, 6.45) is 2.58. The van der Waals surface area contributed by atoms with E-state index in [9.17, 15) is 18.4 Å². The quantitative estimate of drug-likeness (QED) is 0.800. The van der Waals surface area contributed by atoms with Crippen LogP contribution in [-0.2, 0) is 4.79 Å². The highest BCUT2D eigenvalue weighted by molar-refractivity contribution is 6.03. The van der Waals surface area contributed by atoms with Crippen molar-refractivity contribution in [2.75, 3.05) is 19.4 Å². The van der Waals surface area contributed by atoms with Gasteiger partial charge in [0.25, 0.3) is 5.91 Å². The van der Waals surface area contributed by atoms with E-state index in [1.54, 1.807) is 56.6 Å². The molecule has 0 bridgehead atoms. The molecule has 0 unspecified atom stereocenters. The van der Waals surface area contributed by atoms with E-state index in [0.717, 1.165) is 0 Å². The second-order valence-electron chi connectivity index (χ2n) is 5.52. The van der Waals surface area contributed by atoms with E-state index in [2.05, 4.69) is 10.1 Å². The number of carbonyl (C=O) groups is 2. The molecule has 0 spiro atoms. The van der Waals surface area contributed by atoms with Crippen LogP contribution in [0.1, 0.15) is 15.9 Å². The molecule has 1 N–H and O–H groups in total. The topological polar surface area (TPSA) is 58.6 Å². The molecule has 0 radical (unpaired) electrons. The van der Waals surface area contributed by atoms with Gasteiger partial charge in [0.05, 0.1) is 0 Å². The number of hydrogen-bond acceptors (Lipinski definition) is 3. The van der Waals surface area contributed by atoms with E-state index in [4.69, 9.17) is 0 Å². The molecule has 0 heterocycles. The second-order valence-corrected chi connectivity index (χ2v) is 5.52. The molecule has 2 aromatic carbocycles. The van der Waals surface area contributed by atoms with E-state index in [0.29, 0.717) is 16.8 Å². The fourth-order valence-corrected chi connectivity index (χ4v) is 2.16. The monoisotopic (exact) mass is 360 g/mol. The summed E-state index contributed by atoms with van der Waals surface area (Å²) in [7, 11) is 3.27. The fraction of sp³-hybridized carbons (Fsp3) is 0.158. The number of nitrogens with one attached hydrogen (secondary N) is 1. The number of benzene rings is 2. The molecule has 2 amide bonds. The fourth-order valence-electron chi connectivity index (χ4n) is 2.16. The van der Waals surface area contributed by atoms with Crippen molar-refractivity contribution in [3.05, 3.63) is 65.7 Å². The zero-order valence-corrected chi connectivity index (χ0v) is 14.3. The summed E-state index contributed by atoms with van der Waals surface area (Å²) in [4.78, 5) is 25.4. The van der Waals surface area contributed by atoms with Crippen LogP contribution in [0.4, 0.5) is 14.5 Å². The van der Waals surface area contributed by atoms with Gasteiger partial charge in [-0.3, -0.25) is 9.59 Å². The standard InChI is InChI=1S/C19H18F2N2O3/c1-23(2)18(25)14-7-5-8-15(12-14)22-17(24)11-10-13-6-3-4-9-16(13)26-19(20)21/h3-12,19H,1-2H3,(H,22,24)/b11-10+. The van der Waals surface area contributed by atoms with Gasteiger partial charge in [0.2, 0.25) is 5.91 Å². The maximum Gasteiger partial charge on any atom is 0.387 e. The van der Waals surface area contributed by atoms with Crippen molar-refractivity contribution in [2.24, 2.45) is 0 Å². The average Bonchev–Trinajstić information content (AvgIpc) is 2.60. The van der Waals surface area contributed by atoms with Crippen molar-refractivity contribution in [3.63, 3.8) is 0 Å². The summed E-state index contributed by atoms with van der Waals surface area (Å²) in [6, 6.07) is 12.6. The van der Waals surface area contributed by atoms with Gasteiger partial charge in [0.15, 0.2) is 0 Å². The van der Waals surface area contributed by atoms with Crippen molar-refractivity contribution in [2.45, 2.75) is 6.61 Å². The maximum atomic E-state index is 12.4. The Morgan fingerprint density at radius 3 is 2.54 bits per heavy atom. The molecule has 7 heteroatoms. The molecule has 0 aliphatic heterocycles. The number of rotatable bonds is 6. The molecular formula is C19H18F2N2O3. The van der Waals surface area contributed by atoms with Crippen LogP contribution in [0.5, 0.6) is 5.75 Å². The lowest BCUT2D eigenvalue weighted by Gasteiger charge is -2.11. The molecule has 0 fully saturated rings. The molecule has 5 nitrogen and oxygen atoms in total. The van der Waals surface area contributed by atoms with Gasteiger partial charge in [-0.15, -0.1) is 0 Å². The van der Waals surface area contributed by atoms with Gasteiger partial charge in [-0.05, 0) is 30.3 Å². The van der Waals surface area contributed by atoms with E-state index in [1.807, 2.05) is 0 Å². The van der Waals surface area contributed by atoms with E-state index in [1.165, 1.54) is 23.1 Å². The lowest BCUT2D eigenvalue weighted by atomic mass is 10.1. The first-order valence-corrected chi connectivity index (χ1v) is 7.71. The normalized spacial score (nSPS) is 10.8. The number of carbonyl (C=O) groups excluding carboxylic acids is 2. The van der Waals surface area contributed by atoms with E-state index < -0.39 is 12.5 Å². The summed E-state index contributed by atoms with van der Waals surface area (Å²) in [5.74, 6) is -0.675. The lowest BCUT2D eigenvalue weighted by molar-refractivity contribution is -0.111. The van der Waals surface area contributed by atoms with Gasteiger partial charge >= 0.3 is 6.61 Å². The minimum atomic E-state index is -2.95. The third-order valence-electron chi connectivity index (χ3n) is 3.33. The predicted molar refractivity (Wildman–Crippen MR) is 95.2 cm³/mol. The number of ether oxygens (including phenoxy) is 1. The molecule has 0 aliphatic rings. The molecule has 2 rings (SSSR count). The van der Waals surface area contributed by atoms with Crippen LogP contribution in [0.25, 0.3) is 6.08 Å². The minimum absolute atomic E-state index is 0.0230. The van der Waals surface area contributed by atoms with Gasteiger partial charge in [-0.1, -0.05) is 24.3 Å². The minimum Gasteiger partial charge on any atom is -0.434 e. The van der Waals surface area contributed by atoms with Crippen LogP contribution in [-0.4, -0.2) is 37.4 Å².